The predicted molar refractivity (Wildman–Crippen MR) is 93.8 cm³/mol. The molecule has 3 heterocycles. The van der Waals surface area contributed by atoms with Gasteiger partial charge in [-0.25, -0.2) is 0 Å². The Balaban J connectivity index is 1.69. The quantitative estimate of drug-likeness (QED) is 0.921. The Bertz CT molecular complexity index is 661. The van der Waals surface area contributed by atoms with E-state index in [0.29, 0.717) is 12.0 Å². The van der Waals surface area contributed by atoms with E-state index in [1.807, 2.05) is 13.2 Å². The molecule has 2 aromatic heterocycles. The van der Waals surface area contributed by atoms with Gasteiger partial charge in [-0.3, -0.25) is 14.6 Å². The van der Waals surface area contributed by atoms with Crippen LogP contribution in [0.1, 0.15) is 49.3 Å². The van der Waals surface area contributed by atoms with E-state index in [0.717, 1.165) is 31.0 Å². The highest BCUT2D eigenvalue weighted by Gasteiger charge is 2.26. The van der Waals surface area contributed by atoms with Gasteiger partial charge in [-0.05, 0) is 51.9 Å². The lowest BCUT2D eigenvalue weighted by atomic mass is 10.0. The zero-order valence-electron chi connectivity index (χ0n) is 14.6. The van der Waals surface area contributed by atoms with Crippen LogP contribution >= 0.6 is 0 Å². The maximum Gasteiger partial charge on any atom is 0.0527 e. The Kier molecular flexibility index (Phi) is 4.66. The molecule has 0 spiro atoms. The zero-order chi connectivity index (χ0) is 16.4. The number of hydrogen-bond acceptors (Lipinski definition) is 4. The van der Waals surface area contributed by atoms with Crippen LogP contribution in [0.25, 0.3) is 0 Å². The van der Waals surface area contributed by atoms with Crippen molar-refractivity contribution in [2.75, 3.05) is 25.5 Å². The molecule has 2 aromatic rings. The Morgan fingerprint density at radius 2 is 2.17 bits per heavy atom. The predicted octanol–water partition coefficient (Wildman–Crippen LogP) is 3.20. The second-order valence-corrected chi connectivity index (χ2v) is 6.75. The number of anilines is 1. The van der Waals surface area contributed by atoms with Crippen molar-refractivity contribution in [3.63, 3.8) is 0 Å². The summed E-state index contributed by atoms with van der Waals surface area (Å²) in [6.07, 6.45) is 3.08. The first-order valence-corrected chi connectivity index (χ1v) is 8.48. The molecule has 5 nitrogen and oxygen atoms in total. The number of hydrogen-bond donors (Lipinski definition) is 1. The molecule has 0 radical (unpaired) electrons. The minimum atomic E-state index is 0.412. The van der Waals surface area contributed by atoms with Crippen LogP contribution in [0.2, 0.25) is 0 Å². The average molecular weight is 313 g/mol. The van der Waals surface area contributed by atoms with Gasteiger partial charge in [0, 0.05) is 55.4 Å². The number of nitrogens with one attached hydrogen (secondary N) is 1. The monoisotopic (exact) mass is 313 g/mol. The maximum absolute atomic E-state index is 4.76. The second kappa shape index (κ2) is 6.71. The minimum absolute atomic E-state index is 0.412. The van der Waals surface area contributed by atoms with E-state index in [-0.39, 0.29) is 0 Å². The van der Waals surface area contributed by atoms with Gasteiger partial charge in [0.2, 0.25) is 0 Å². The van der Waals surface area contributed by atoms with Crippen molar-refractivity contribution in [3.05, 3.63) is 41.5 Å². The van der Waals surface area contributed by atoms with Gasteiger partial charge in [0.05, 0.1) is 5.69 Å². The highest BCUT2D eigenvalue weighted by Crippen LogP contribution is 2.29. The molecule has 1 atom stereocenters. The highest BCUT2D eigenvalue weighted by molar-refractivity contribution is 5.45. The summed E-state index contributed by atoms with van der Waals surface area (Å²) in [5, 5.41) is 7.67. The molecular weight excluding hydrogens is 286 g/mol. The molecule has 1 N–H and O–H groups in total. The van der Waals surface area contributed by atoms with Gasteiger partial charge < -0.3 is 5.32 Å². The molecule has 0 bridgehead atoms. The van der Waals surface area contributed by atoms with E-state index in [1.165, 1.54) is 17.8 Å². The van der Waals surface area contributed by atoms with Gasteiger partial charge in [0.15, 0.2) is 0 Å². The van der Waals surface area contributed by atoms with Gasteiger partial charge in [0.1, 0.15) is 0 Å². The first-order chi connectivity index (χ1) is 11.1. The van der Waals surface area contributed by atoms with Gasteiger partial charge in [0.25, 0.3) is 0 Å². The molecule has 1 aliphatic heterocycles. The fourth-order valence-electron chi connectivity index (χ4n) is 3.43. The van der Waals surface area contributed by atoms with Gasteiger partial charge in [-0.1, -0.05) is 0 Å². The first kappa shape index (κ1) is 16.0. The normalized spacial score (nSPS) is 18.7. The topological polar surface area (TPSA) is 46.0 Å². The summed E-state index contributed by atoms with van der Waals surface area (Å²) in [6, 6.07) is 6.84. The molecule has 0 aliphatic carbocycles. The van der Waals surface area contributed by atoms with Crippen molar-refractivity contribution < 1.29 is 0 Å². The summed E-state index contributed by atoms with van der Waals surface area (Å²) in [6.45, 7) is 9.59. The third-order valence-electron chi connectivity index (χ3n) is 4.58. The van der Waals surface area contributed by atoms with Crippen LogP contribution < -0.4 is 5.32 Å². The molecule has 0 amide bonds. The lowest BCUT2D eigenvalue weighted by molar-refractivity contribution is 0.309. The van der Waals surface area contributed by atoms with Crippen LogP contribution in [-0.2, 0) is 6.54 Å². The highest BCUT2D eigenvalue weighted by atomic mass is 15.3. The third kappa shape index (κ3) is 3.55. The summed E-state index contributed by atoms with van der Waals surface area (Å²) >= 11 is 0. The molecule has 1 fully saturated rings. The summed E-state index contributed by atoms with van der Waals surface area (Å²) in [4.78, 5) is 7.27. The lowest BCUT2D eigenvalue weighted by Gasteiger charge is -2.18. The Morgan fingerprint density at radius 1 is 1.35 bits per heavy atom. The number of pyridine rings is 1. The van der Waals surface area contributed by atoms with Crippen LogP contribution in [0.15, 0.2) is 24.4 Å². The first-order valence-electron chi connectivity index (χ1n) is 8.48. The van der Waals surface area contributed by atoms with E-state index in [1.54, 1.807) is 0 Å². The van der Waals surface area contributed by atoms with Crippen molar-refractivity contribution in [3.8, 4) is 0 Å². The van der Waals surface area contributed by atoms with Crippen LogP contribution in [-0.4, -0.2) is 39.8 Å². The van der Waals surface area contributed by atoms with E-state index < -0.39 is 0 Å². The van der Waals surface area contributed by atoms with E-state index in [9.17, 15) is 0 Å². The summed E-state index contributed by atoms with van der Waals surface area (Å²) in [5.74, 6) is 0.525. The molecule has 23 heavy (non-hydrogen) atoms. The van der Waals surface area contributed by atoms with Crippen molar-refractivity contribution >= 4 is 5.69 Å². The molecule has 3 rings (SSSR count). The van der Waals surface area contributed by atoms with Crippen LogP contribution in [0.3, 0.4) is 0 Å². The molecule has 0 aromatic carbocycles. The molecule has 124 valence electrons. The summed E-state index contributed by atoms with van der Waals surface area (Å²) in [5.41, 5.74) is 4.76. The fourth-order valence-corrected chi connectivity index (χ4v) is 3.43. The van der Waals surface area contributed by atoms with Crippen molar-refractivity contribution in [1.82, 2.24) is 19.7 Å². The van der Waals surface area contributed by atoms with Crippen molar-refractivity contribution in [2.24, 2.45) is 0 Å². The number of rotatable bonds is 5. The van der Waals surface area contributed by atoms with Gasteiger partial charge >= 0.3 is 0 Å². The van der Waals surface area contributed by atoms with Crippen LogP contribution in [0.4, 0.5) is 5.69 Å². The van der Waals surface area contributed by atoms with Crippen molar-refractivity contribution in [2.45, 2.75) is 45.7 Å². The molecule has 1 unspecified atom stereocenters. The average Bonchev–Trinajstić information content (AvgIpc) is 3.16. The molecule has 1 aliphatic rings. The molecule has 1 saturated heterocycles. The SMILES string of the molecule is CNc1cc(C)nc(C2CCN(Cc3ccnn3C(C)C)C2)c1. The van der Waals surface area contributed by atoms with Gasteiger partial charge in [-0.2, -0.15) is 5.10 Å². The van der Waals surface area contributed by atoms with Crippen LogP contribution in [0, 0.1) is 6.92 Å². The molecule has 0 saturated carbocycles. The smallest absolute Gasteiger partial charge is 0.0527 e. The van der Waals surface area contributed by atoms with Crippen molar-refractivity contribution in [1.29, 1.82) is 0 Å². The van der Waals surface area contributed by atoms with Gasteiger partial charge in [-0.15, -0.1) is 0 Å². The molecular formula is C18H27N5. The number of aromatic nitrogens is 3. The third-order valence-corrected chi connectivity index (χ3v) is 4.58. The van der Waals surface area contributed by atoms with E-state index in [4.69, 9.17) is 4.98 Å². The summed E-state index contributed by atoms with van der Waals surface area (Å²) < 4.78 is 2.12. The minimum Gasteiger partial charge on any atom is -0.388 e. The number of likely N-dealkylation sites (tertiary alicyclic amines) is 1. The number of aryl methyl sites for hydroxylation is 1. The lowest BCUT2D eigenvalue weighted by Crippen LogP contribution is -2.22. The van der Waals surface area contributed by atoms with E-state index in [2.05, 4.69) is 59.0 Å². The Hall–Kier alpha value is -1.88. The number of nitrogens with zero attached hydrogens (tertiary/aromatic N) is 4. The Morgan fingerprint density at radius 3 is 2.91 bits per heavy atom. The van der Waals surface area contributed by atoms with E-state index >= 15 is 0 Å². The second-order valence-electron chi connectivity index (χ2n) is 6.75. The van der Waals surface area contributed by atoms with Crippen LogP contribution in [0.5, 0.6) is 0 Å². The Labute approximate surface area is 138 Å². The largest absolute Gasteiger partial charge is 0.388 e. The standard InChI is InChI=1S/C18H27N5/c1-13(2)23-17(5-7-20-23)12-22-8-6-15(11-22)18-10-16(19-4)9-14(3)21-18/h5,7,9-10,13,15H,6,8,11-12H2,1-4H3,(H,19,21). The molecule has 5 heteroatoms. The maximum atomic E-state index is 4.76. The summed E-state index contributed by atoms with van der Waals surface area (Å²) in [7, 11) is 1.96. The zero-order valence-corrected chi connectivity index (χ0v) is 14.6. The fraction of sp³-hybridized carbons (Fsp3) is 0.556.